The Kier molecular flexibility index (Phi) is 4.73. The molecule has 1 rings (SSSR count). The van der Waals surface area contributed by atoms with E-state index in [0.717, 1.165) is 16.7 Å². The van der Waals surface area contributed by atoms with Gasteiger partial charge in [0.25, 0.3) is 0 Å². The molecular weight excluding hydrogens is 212 g/mol. The molecule has 0 unspecified atom stereocenters. The highest BCUT2D eigenvalue weighted by atomic mass is 16.3. The Morgan fingerprint density at radius 2 is 2.18 bits per heavy atom. The largest absolute Gasteiger partial charge is 0.508 e. The lowest BCUT2D eigenvalue weighted by Gasteiger charge is -2.15. The molecule has 0 heterocycles. The van der Waals surface area contributed by atoms with Gasteiger partial charge in [-0.3, -0.25) is 0 Å². The first-order valence-electron chi connectivity index (χ1n) is 5.50. The van der Waals surface area contributed by atoms with Gasteiger partial charge in [-0.25, -0.2) is 0 Å². The number of phenols is 1. The predicted octanol–water partition coefficient (Wildman–Crippen LogP) is 3.29. The minimum Gasteiger partial charge on any atom is -0.508 e. The highest BCUT2D eigenvalue weighted by Crippen LogP contribution is 2.31. The van der Waals surface area contributed by atoms with Gasteiger partial charge >= 0.3 is 0 Å². The van der Waals surface area contributed by atoms with Crippen molar-refractivity contribution in [3.8, 4) is 5.75 Å². The van der Waals surface area contributed by atoms with Crippen LogP contribution in [-0.2, 0) is 6.61 Å². The first-order valence-corrected chi connectivity index (χ1v) is 5.50. The Morgan fingerprint density at radius 1 is 1.47 bits per heavy atom. The van der Waals surface area contributed by atoms with Crippen molar-refractivity contribution >= 4 is 0 Å². The van der Waals surface area contributed by atoms with E-state index in [-0.39, 0.29) is 18.3 Å². The quantitative estimate of drug-likeness (QED) is 0.762. The van der Waals surface area contributed by atoms with Gasteiger partial charge < -0.3 is 10.2 Å². The first kappa shape index (κ1) is 13.3. The van der Waals surface area contributed by atoms with Gasteiger partial charge in [-0.15, -0.1) is 0 Å². The molecule has 0 aliphatic carbocycles. The molecule has 2 heteroatoms. The normalized spacial score (nSPS) is 12.6. The molecule has 0 fully saturated rings. The van der Waals surface area contributed by atoms with Gasteiger partial charge in [0.15, 0.2) is 0 Å². The van der Waals surface area contributed by atoms with Crippen molar-refractivity contribution in [1.29, 1.82) is 0 Å². The maximum atomic E-state index is 9.81. The van der Waals surface area contributed by atoms with Crippen molar-refractivity contribution < 1.29 is 10.2 Å². The minimum absolute atomic E-state index is 0.00213. The Morgan fingerprint density at radius 3 is 2.76 bits per heavy atom. The van der Waals surface area contributed by atoms with E-state index in [1.165, 1.54) is 0 Å². The van der Waals surface area contributed by atoms with E-state index in [9.17, 15) is 5.11 Å². The number of benzene rings is 1. The Labute approximate surface area is 102 Å². The third-order valence-electron chi connectivity index (χ3n) is 2.74. The van der Waals surface area contributed by atoms with Crippen LogP contribution in [0.2, 0.25) is 0 Å². The van der Waals surface area contributed by atoms with Crippen LogP contribution >= 0.6 is 0 Å². The number of rotatable bonds is 5. The number of aromatic hydroxyl groups is 1. The summed E-state index contributed by atoms with van der Waals surface area (Å²) in [6.45, 7) is 9.49. The van der Waals surface area contributed by atoms with Crippen LogP contribution < -0.4 is 0 Å². The fraction of sp³-hybridized carbons (Fsp3) is 0.200. The van der Waals surface area contributed by atoms with Crippen LogP contribution in [0.4, 0.5) is 0 Å². The van der Waals surface area contributed by atoms with E-state index >= 15 is 0 Å². The van der Waals surface area contributed by atoms with E-state index in [1.54, 1.807) is 24.3 Å². The molecule has 1 aromatic rings. The van der Waals surface area contributed by atoms with E-state index in [2.05, 4.69) is 13.2 Å². The standard InChI is InChI=1S/C15H18O2/c1-4-5-6-11(2)12(3)14-9-13(10-16)7-8-15(14)17/h4-9,12,16-17H,1-2,10H2,3H3/b6-5-/t12-/m1/s1. The summed E-state index contributed by atoms with van der Waals surface area (Å²) in [7, 11) is 0. The van der Waals surface area contributed by atoms with Gasteiger partial charge in [0, 0.05) is 11.5 Å². The second-order valence-electron chi connectivity index (χ2n) is 3.94. The fourth-order valence-corrected chi connectivity index (χ4v) is 1.58. The lowest BCUT2D eigenvalue weighted by atomic mass is 9.91. The molecule has 0 saturated heterocycles. The summed E-state index contributed by atoms with van der Waals surface area (Å²) in [6.07, 6.45) is 5.36. The molecule has 0 aromatic heterocycles. The van der Waals surface area contributed by atoms with E-state index in [1.807, 2.05) is 19.1 Å². The number of aliphatic hydroxyl groups excluding tert-OH is 1. The second-order valence-corrected chi connectivity index (χ2v) is 3.94. The molecule has 2 N–H and O–H groups in total. The summed E-state index contributed by atoms with van der Waals surface area (Å²) in [6, 6.07) is 5.10. The van der Waals surface area contributed by atoms with Crippen molar-refractivity contribution in [2.45, 2.75) is 19.4 Å². The van der Waals surface area contributed by atoms with Crippen LogP contribution in [0.25, 0.3) is 0 Å². The van der Waals surface area contributed by atoms with Crippen molar-refractivity contribution in [1.82, 2.24) is 0 Å². The second kappa shape index (κ2) is 6.06. The SMILES string of the molecule is C=C/C=C\C(=C)[C@@H](C)c1cc(CO)ccc1O. The van der Waals surface area contributed by atoms with E-state index in [0.29, 0.717) is 0 Å². The average Bonchev–Trinajstić information content (AvgIpc) is 2.35. The molecular formula is C15H18O2. The molecule has 0 aliphatic rings. The lowest BCUT2D eigenvalue weighted by molar-refractivity contribution is 0.281. The van der Waals surface area contributed by atoms with Crippen molar-refractivity contribution in [2.75, 3.05) is 0 Å². The summed E-state index contributed by atoms with van der Waals surface area (Å²) in [5.41, 5.74) is 2.44. The van der Waals surface area contributed by atoms with E-state index in [4.69, 9.17) is 5.11 Å². The van der Waals surface area contributed by atoms with Crippen molar-refractivity contribution in [2.24, 2.45) is 0 Å². The molecule has 0 spiro atoms. The van der Waals surface area contributed by atoms with Gasteiger partial charge in [-0.1, -0.05) is 44.4 Å². The topological polar surface area (TPSA) is 40.5 Å². The van der Waals surface area contributed by atoms with Crippen LogP contribution in [0.1, 0.15) is 24.0 Å². The van der Waals surface area contributed by atoms with Crippen LogP contribution in [0, 0.1) is 0 Å². The number of aliphatic hydroxyl groups is 1. The highest BCUT2D eigenvalue weighted by Gasteiger charge is 2.12. The van der Waals surface area contributed by atoms with Gasteiger partial charge in [-0.05, 0) is 23.3 Å². The zero-order valence-corrected chi connectivity index (χ0v) is 10.1. The van der Waals surface area contributed by atoms with Crippen molar-refractivity contribution in [3.05, 3.63) is 66.3 Å². The van der Waals surface area contributed by atoms with Gasteiger partial charge in [0.05, 0.1) is 6.61 Å². The van der Waals surface area contributed by atoms with E-state index < -0.39 is 0 Å². The molecule has 0 saturated carbocycles. The summed E-state index contributed by atoms with van der Waals surface area (Å²) in [4.78, 5) is 0. The number of allylic oxidation sites excluding steroid dienone is 4. The zero-order valence-electron chi connectivity index (χ0n) is 10.1. The van der Waals surface area contributed by atoms with Crippen LogP contribution in [-0.4, -0.2) is 10.2 Å². The average molecular weight is 230 g/mol. The van der Waals surface area contributed by atoms with Crippen LogP contribution in [0.5, 0.6) is 5.75 Å². The predicted molar refractivity (Wildman–Crippen MR) is 70.9 cm³/mol. The molecule has 1 atom stereocenters. The van der Waals surface area contributed by atoms with Crippen LogP contribution in [0.3, 0.4) is 0 Å². The third-order valence-corrected chi connectivity index (χ3v) is 2.74. The maximum Gasteiger partial charge on any atom is 0.119 e. The highest BCUT2D eigenvalue weighted by molar-refractivity contribution is 5.43. The van der Waals surface area contributed by atoms with Gasteiger partial charge in [0.1, 0.15) is 5.75 Å². The zero-order chi connectivity index (χ0) is 12.8. The molecule has 0 amide bonds. The lowest BCUT2D eigenvalue weighted by Crippen LogP contribution is -1.97. The summed E-state index contributed by atoms with van der Waals surface area (Å²) in [5.74, 6) is 0.223. The molecule has 0 radical (unpaired) electrons. The van der Waals surface area contributed by atoms with Crippen LogP contribution in [0.15, 0.2) is 55.2 Å². The molecule has 2 nitrogen and oxygen atoms in total. The smallest absolute Gasteiger partial charge is 0.119 e. The first-order chi connectivity index (χ1) is 8.10. The summed E-state index contributed by atoms with van der Waals surface area (Å²) in [5, 5.41) is 18.9. The Balaban J connectivity index is 3.02. The summed E-state index contributed by atoms with van der Waals surface area (Å²) < 4.78 is 0. The third kappa shape index (κ3) is 3.33. The van der Waals surface area contributed by atoms with Gasteiger partial charge in [-0.2, -0.15) is 0 Å². The monoisotopic (exact) mass is 230 g/mol. The summed E-state index contributed by atoms with van der Waals surface area (Å²) >= 11 is 0. The Hall–Kier alpha value is -1.80. The van der Waals surface area contributed by atoms with Crippen molar-refractivity contribution in [3.63, 3.8) is 0 Å². The number of hydrogen-bond donors (Lipinski definition) is 2. The molecule has 1 aromatic carbocycles. The number of phenolic OH excluding ortho intramolecular Hbond substituents is 1. The maximum absolute atomic E-state index is 9.81. The molecule has 17 heavy (non-hydrogen) atoms. The molecule has 0 aliphatic heterocycles. The fourth-order valence-electron chi connectivity index (χ4n) is 1.58. The number of hydrogen-bond acceptors (Lipinski definition) is 2. The van der Waals surface area contributed by atoms with Gasteiger partial charge in [0.2, 0.25) is 0 Å². The molecule has 0 bridgehead atoms. The Bertz CT molecular complexity index is 444. The molecule has 90 valence electrons. The minimum atomic E-state index is -0.0328.